The molecule has 0 aliphatic carbocycles. The quantitative estimate of drug-likeness (QED) is 0.174. The molecule has 0 spiro atoms. The van der Waals surface area contributed by atoms with Gasteiger partial charge in [0.1, 0.15) is 0 Å². The number of benzene rings is 4. The van der Waals surface area contributed by atoms with E-state index in [0.29, 0.717) is 24.1 Å². The third kappa shape index (κ3) is 5.51. The Hall–Kier alpha value is -3.07. The summed E-state index contributed by atoms with van der Waals surface area (Å²) in [4.78, 5) is -0.297. The van der Waals surface area contributed by atoms with Crippen LogP contribution in [0.5, 0.6) is 5.75 Å². The molecule has 3 N–H and O–H groups in total. The van der Waals surface area contributed by atoms with Crippen LogP contribution in [0.1, 0.15) is 11.1 Å². The van der Waals surface area contributed by atoms with Crippen molar-refractivity contribution in [3.8, 4) is 5.75 Å². The molecule has 0 radical (unpaired) electrons. The maximum absolute atomic E-state index is 12.7. The van der Waals surface area contributed by atoms with Crippen LogP contribution in [0.2, 0.25) is 0 Å². The van der Waals surface area contributed by atoms with E-state index in [-0.39, 0.29) is 31.9 Å². The van der Waals surface area contributed by atoms with Crippen LogP contribution < -0.4 is 5.73 Å². The molecule has 0 aliphatic heterocycles. The van der Waals surface area contributed by atoms with E-state index in [0.717, 1.165) is 30.4 Å². The van der Waals surface area contributed by atoms with Gasteiger partial charge in [-0.25, -0.2) is 0 Å². The normalized spacial score (nSPS) is 12.4. The van der Waals surface area contributed by atoms with E-state index in [4.69, 9.17) is 5.73 Å². The Bertz CT molecular complexity index is 1690. The third-order valence-electron chi connectivity index (χ3n) is 5.65. The Morgan fingerprint density at radius 3 is 2.03 bits per heavy atom. The molecule has 11 heteroatoms. The molecule has 0 amide bonds. The molecule has 0 saturated carbocycles. The number of nitrogen functional groups attached to an aromatic ring is 1. The molecule has 0 unspecified atom stereocenters. The molecule has 8 nitrogen and oxygen atoms in total. The zero-order valence-corrected chi connectivity index (χ0v) is 22.8. The van der Waals surface area contributed by atoms with Gasteiger partial charge in [0.05, 0.1) is 0 Å². The van der Waals surface area contributed by atoms with Crippen LogP contribution in [0, 0.1) is 0 Å². The van der Waals surface area contributed by atoms with Crippen molar-refractivity contribution >= 4 is 45.2 Å². The molecular formula is C25H22MoN3O5S2. The molecule has 4 aromatic rings. The van der Waals surface area contributed by atoms with Crippen LogP contribution in [0.25, 0.3) is 10.8 Å². The standard InChI is InChI=1S/C25H22N3O5S2.Mo/c1-35(32,33)21-15-17-14-20(34(30)31)24(28-27-18-10-6-3-7-11-18)25(29)22(17)23(26)19(21)13-12-16-8-4-2-5-9-16;/h2-11,14-15,29H,12-13,26H2,1H3;/b28-27+;. The number of rotatable bonds is 7. The summed E-state index contributed by atoms with van der Waals surface area (Å²) >= 11 is 0.888. The first-order chi connectivity index (χ1) is 17.0. The summed E-state index contributed by atoms with van der Waals surface area (Å²) in [5.74, 6) is -0.479. The van der Waals surface area contributed by atoms with Crippen molar-refractivity contribution < 1.29 is 40.5 Å². The Balaban J connectivity index is 1.98. The van der Waals surface area contributed by atoms with Crippen LogP contribution in [0.15, 0.2) is 92.8 Å². The fraction of sp³-hybridized carbons (Fsp3) is 0.120. The number of aryl methyl sites for hydroxylation is 1. The van der Waals surface area contributed by atoms with Crippen molar-refractivity contribution in [2.24, 2.45) is 10.2 Å². The molecule has 4 rings (SSSR count). The fourth-order valence-corrected chi connectivity index (χ4v) is 6.54. The van der Waals surface area contributed by atoms with Crippen molar-refractivity contribution in [3.63, 3.8) is 0 Å². The Morgan fingerprint density at radius 1 is 0.861 bits per heavy atom. The van der Waals surface area contributed by atoms with Crippen molar-refractivity contribution in [2.75, 3.05) is 12.0 Å². The van der Waals surface area contributed by atoms with Crippen molar-refractivity contribution in [1.29, 1.82) is 0 Å². The van der Waals surface area contributed by atoms with Gasteiger partial charge in [-0.05, 0) is 0 Å². The van der Waals surface area contributed by atoms with Crippen LogP contribution in [0.3, 0.4) is 0 Å². The van der Waals surface area contributed by atoms with Crippen LogP contribution in [-0.2, 0) is 48.8 Å². The maximum atomic E-state index is 12.7. The van der Waals surface area contributed by atoms with E-state index in [9.17, 15) is 21.9 Å². The summed E-state index contributed by atoms with van der Waals surface area (Å²) in [6, 6.07) is 20.8. The second-order valence-electron chi connectivity index (χ2n) is 8.18. The summed E-state index contributed by atoms with van der Waals surface area (Å²) in [6.07, 6.45) is 1.88. The summed E-state index contributed by atoms with van der Waals surface area (Å²) in [6.45, 7) is 0. The number of sulfone groups is 1. The van der Waals surface area contributed by atoms with Gasteiger partial charge < -0.3 is 0 Å². The number of nitrogens with zero attached hydrogens (tertiary/aromatic N) is 2. The number of fused-ring (bicyclic) bond motifs is 1. The number of phenolic OH excluding ortho intramolecular Hbond substituents is 1. The van der Waals surface area contributed by atoms with Crippen molar-refractivity contribution in [2.45, 2.75) is 22.6 Å². The summed E-state index contributed by atoms with van der Waals surface area (Å²) in [5.41, 5.74) is 8.07. The third-order valence-corrected chi connectivity index (χ3v) is 8.98. The number of azo groups is 1. The van der Waals surface area contributed by atoms with E-state index in [1.165, 1.54) is 12.1 Å². The topological polar surface area (TPSA) is 139 Å². The molecule has 0 saturated heterocycles. The predicted octanol–water partition coefficient (Wildman–Crippen LogP) is 4.97. The Kier molecular flexibility index (Phi) is 7.31. The monoisotopic (exact) mass is 606 g/mol. The Morgan fingerprint density at radius 2 is 1.44 bits per heavy atom. The SMILES string of the molecule is CS(=O)(=O)c1cc2cc([S](=O)(=O)[Mo])c(/N=N/c3ccccc3)c(O)c2c(N)c1CCc1ccccc1. The van der Waals surface area contributed by atoms with E-state index >= 15 is 0 Å². The number of anilines is 1. The predicted molar refractivity (Wildman–Crippen MR) is 135 cm³/mol. The van der Waals surface area contributed by atoms with E-state index in [1.54, 1.807) is 30.3 Å². The van der Waals surface area contributed by atoms with Gasteiger partial charge in [-0.1, -0.05) is 6.07 Å². The number of aromatic hydroxyl groups is 1. The van der Waals surface area contributed by atoms with Gasteiger partial charge in [0.2, 0.25) is 0 Å². The number of nitrogens with two attached hydrogens (primary N) is 1. The van der Waals surface area contributed by atoms with Crippen LogP contribution >= 0.6 is 0 Å². The molecular weight excluding hydrogens is 582 g/mol. The molecule has 185 valence electrons. The number of phenols is 1. The first kappa shape index (κ1) is 26.0. The van der Waals surface area contributed by atoms with Gasteiger partial charge in [0.25, 0.3) is 0 Å². The van der Waals surface area contributed by atoms with Crippen molar-refractivity contribution in [3.05, 3.63) is 83.9 Å². The molecule has 0 bridgehead atoms. The average Bonchev–Trinajstić information content (AvgIpc) is 2.82. The van der Waals surface area contributed by atoms with E-state index in [1.807, 2.05) is 30.3 Å². The molecule has 0 aromatic heterocycles. The van der Waals surface area contributed by atoms with E-state index < -0.39 is 23.1 Å². The van der Waals surface area contributed by atoms with Gasteiger partial charge in [-0.2, -0.15) is 0 Å². The zero-order valence-electron chi connectivity index (χ0n) is 19.1. The first-order valence-corrected chi connectivity index (χ1v) is 16.5. The molecule has 0 heterocycles. The van der Waals surface area contributed by atoms with Gasteiger partial charge in [-0.3, -0.25) is 0 Å². The van der Waals surface area contributed by atoms with Gasteiger partial charge in [0.15, 0.2) is 0 Å². The first-order valence-electron chi connectivity index (χ1n) is 10.7. The second-order valence-corrected chi connectivity index (χ2v) is 14.8. The fourth-order valence-electron chi connectivity index (χ4n) is 3.95. The zero-order chi connectivity index (χ0) is 26.1. The van der Waals surface area contributed by atoms with Gasteiger partial charge >= 0.3 is 214 Å². The van der Waals surface area contributed by atoms with E-state index in [2.05, 4.69) is 10.2 Å². The molecule has 36 heavy (non-hydrogen) atoms. The second kappa shape index (κ2) is 10.1. The summed E-state index contributed by atoms with van der Waals surface area (Å²) in [7, 11) is -7.59. The molecule has 0 atom stereocenters. The molecule has 0 fully saturated rings. The minimum atomic E-state index is -3.86. The van der Waals surface area contributed by atoms with Gasteiger partial charge in [-0.15, -0.1) is 0 Å². The average molecular weight is 605 g/mol. The number of hydrogen-bond acceptors (Lipinski definition) is 8. The van der Waals surface area contributed by atoms with Crippen LogP contribution in [0.4, 0.5) is 17.1 Å². The Labute approximate surface area is 219 Å². The van der Waals surface area contributed by atoms with Gasteiger partial charge in [0, 0.05) is 0 Å². The molecule has 0 aliphatic rings. The molecule has 4 aromatic carbocycles. The van der Waals surface area contributed by atoms with Crippen LogP contribution in [-0.4, -0.2) is 28.2 Å². The number of hydrogen-bond donors (Lipinski definition) is 2. The summed E-state index contributed by atoms with van der Waals surface area (Å²) in [5, 5.41) is 19.6. The van der Waals surface area contributed by atoms with Crippen molar-refractivity contribution in [1.82, 2.24) is 0 Å². The summed E-state index contributed by atoms with van der Waals surface area (Å²) < 4.78 is 50.6. The minimum absolute atomic E-state index is 0.0122.